The largest absolute Gasteiger partial charge is 0.328 e. The molecule has 2 rings (SSSR count). The summed E-state index contributed by atoms with van der Waals surface area (Å²) >= 11 is 9.44. The predicted molar refractivity (Wildman–Crippen MR) is 97.8 cm³/mol. The first-order chi connectivity index (χ1) is 9.95. The molecule has 3 N–H and O–H groups in total. The van der Waals surface area contributed by atoms with Gasteiger partial charge in [-0.15, -0.1) is 12.4 Å². The smallest absolute Gasteiger partial charge is 0.238 e. The normalized spacial score (nSPS) is 17.6. The first-order valence-electron chi connectivity index (χ1n) is 7.18. The van der Waals surface area contributed by atoms with Crippen LogP contribution in [0.25, 0.3) is 0 Å². The highest BCUT2D eigenvalue weighted by atomic mass is 79.9. The molecule has 0 aromatic heterocycles. The average molecular weight is 411 g/mol. The first-order valence-corrected chi connectivity index (χ1v) is 8.35. The monoisotopic (exact) mass is 409 g/mol. The van der Waals surface area contributed by atoms with Crippen molar-refractivity contribution in [2.24, 2.45) is 11.7 Å². The van der Waals surface area contributed by atoms with Crippen LogP contribution >= 0.6 is 39.9 Å². The van der Waals surface area contributed by atoms with Gasteiger partial charge in [0.25, 0.3) is 0 Å². The average Bonchev–Trinajstić information content (AvgIpc) is 2.42. The Hall–Kier alpha value is -0.330. The Morgan fingerprint density at radius 3 is 2.68 bits per heavy atom. The van der Waals surface area contributed by atoms with E-state index in [9.17, 15) is 4.79 Å². The lowest BCUT2D eigenvalue weighted by atomic mass is 9.91. The lowest BCUT2D eigenvalue weighted by molar-refractivity contribution is -0.117. The Morgan fingerprint density at radius 2 is 2.14 bits per heavy atom. The number of piperidine rings is 1. The summed E-state index contributed by atoms with van der Waals surface area (Å²) in [5, 5.41) is 3.40. The van der Waals surface area contributed by atoms with Crippen LogP contribution < -0.4 is 11.1 Å². The van der Waals surface area contributed by atoms with Gasteiger partial charge in [-0.1, -0.05) is 27.5 Å². The number of carbonyl (C=O) groups excluding carboxylic acids is 1. The molecule has 0 bridgehead atoms. The fourth-order valence-corrected chi connectivity index (χ4v) is 3.34. The van der Waals surface area contributed by atoms with Crippen LogP contribution in [0, 0.1) is 5.92 Å². The van der Waals surface area contributed by atoms with E-state index in [-0.39, 0.29) is 24.4 Å². The summed E-state index contributed by atoms with van der Waals surface area (Å²) in [7, 11) is 0. The molecule has 1 aliphatic heterocycles. The van der Waals surface area contributed by atoms with Gasteiger partial charge < -0.3 is 11.1 Å². The number of hydrogen-bond acceptors (Lipinski definition) is 3. The minimum absolute atomic E-state index is 0. The first kappa shape index (κ1) is 19.7. The van der Waals surface area contributed by atoms with Crippen molar-refractivity contribution in [2.45, 2.75) is 25.8 Å². The zero-order valence-corrected chi connectivity index (χ0v) is 15.7. The van der Waals surface area contributed by atoms with Gasteiger partial charge in [-0.05, 0) is 57.0 Å². The number of anilines is 1. The molecular weight excluding hydrogens is 389 g/mol. The Bertz CT molecular complexity index is 506. The van der Waals surface area contributed by atoms with Crippen molar-refractivity contribution < 1.29 is 4.79 Å². The second-order valence-electron chi connectivity index (χ2n) is 5.65. The molecule has 1 amide bonds. The van der Waals surface area contributed by atoms with Crippen LogP contribution in [-0.4, -0.2) is 36.5 Å². The minimum atomic E-state index is -0.0292. The van der Waals surface area contributed by atoms with Crippen molar-refractivity contribution in [1.29, 1.82) is 0 Å². The number of likely N-dealkylation sites (tertiary alicyclic amines) is 1. The minimum Gasteiger partial charge on any atom is -0.328 e. The maximum absolute atomic E-state index is 12.1. The molecular formula is C15H22BrCl2N3O. The molecule has 124 valence electrons. The van der Waals surface area contributed by atoms with Gasteiger partial charge in [0.15, 0.2) is 0 Å². The fourth-order valence-electron chi connectivity index (χ4n) is 2.62. The van der Waals surface area contributed by atoms with Gasteiger partial charge in [0.1, 0.15) is 0 Å². The van der Waals surface area contributed by atoms with E-state index in [1.54, 1.807) is 12.1 Å². The van der Waals surface area contributed by atoms with E-state index < -0.39 is 0 Å². The van der Waals surface area contributed by atoms with Gasteiger partial charge in [0.2, 0.25) is 5.91 Å². The number of amides is 1. The molecule has 1 unspecified atom stereocenters. The van der Waals surface area contributed by atoms with E-state index in [1.165, 1.54) is 0 Å². The maximum Gasteiger partial charge on any atom is 0.238 e. The van der Waals surface area contributed by atoms with Crippen LogP contribution in [0.4, 0.5) is 5.69 Å². The summed E-state index contributed by atoms with van der Waals surface area (Å²) in [4.78, 5) is 14.3. The Balaban J connectivity index is 0.00000242. The number of nitrogens with two attached hydrogens (primary N) is 1. The zero-order chi connectivity index (χ0) is 15.4. The second kappa shape index (κ2) is 9.08. The third-order valence-electron chi connectivity index (χ3n) is 3.95. The van der Waals surface area contributed by atoms with Crippen molar-refractivity contribution in [3.8, 4) is 0 Å². The summed E-state index contributed by atoms with van der Waals surface area (Å²) < 4.78 is 0.892. The van der Waals surface area contributed by atoms with Crippen molar-refractivity contribution >= 4 is 51.5 Å². The molecule has 1 aromatic carbocycles. The number of rotatable bonds is 4. The number of nitrogens with zero attached hydrogens (tertiary/aromatic N) is 1. The highest BCUT2D eigenvalue weighted by Gasteiger charge is 2.23. The number of nitrogens with one attached hydrogen (secondary N) is 1. The van der Waals surface area contributed by atoms with Gasteiger partial charge in [-0.2, -0.15) is 0 Å². The summed E-state index contributed by atoms with van der Waals surface area (Å²) in [5.41, 5.74) is 6.58. The molecule has 1 fully saturated rings. The summed E-state index contributed by atoms with van der Waals surface area (Å²) in [6, 6.07) is 5.66. The van der Waals surface area contributed by atoms with E-state index >= 15 is 0 Å². The van der Waals surface area contributed by atoms with E-state index in [0.29, 0.717) is 23.2 Å². The summed E-state index contributed by atoms with van der Waals surface area (Å²) in [5.74, 6) is 0.545. The quantitative estimate of drug-likeness (QED) is 0.798. The predicted octanol–water partition coefficient (Wildman–Crippen LogP) is 3.52. The third kappa shape index (κ3) is 5.70. The van der Waals surface area contributed by atoms with Gasteiger partial charge >= 0.3 is 0 Å². The molecule has 4 nitrogen and oxygen atoms in total. The van der Waals surface area contributed by atoms with Crippen LogP contribution in [0.5, 0.6) is 0 Å². The SMILES string of the molecule is CC(N)C1CCN(CC(=O)Nc2ccc(Br)cc2Cl)CC1.Cl. The second-order valence-corrected chi connectivity index (χ2v) is 6.97. The van der Waals surface area contributed by atoms with Gasteiger partial charge in [0.05, 0.1) is 17.3 Å². The van der Waals surface area contributed by atoms with E-state index in [4.69, 9.17) is 17.3 Å². The Labute approximate surface area is 151 Å². The number of benzene rings is 1. The molecule has 0 radical (unpaired) electrons. The van der Waals surface area contributed by atoms with E-state index in [2.05, 4.69) is 33.1 Å². The lowest BCUT2D eigenvalue weighted by Crippen LogP contribution is -2.42. The van der Waals surface area contributed by atoms with E-state index in [1.807, 2.05) is 6.07 Å². The lowest BCUT2D eigenvalue weighted by Gasteiger charge is -2.33. The third-order valence-corrected chi connectivity index (χ3v) is 4.75. The molecule has 1 heterocycles. The van der Waals surface area contributed by atoms with Gasteiger partial charge in [-0.25, -0.2) is 0 Å². The van der Waals surface area contributed by atoms with Crippen molar-refractivity contribution in [3.05, 3.63) is 27.7 Å². The standard InChI is InChI=1S/C15H21BrClN3O.ClH/c1-10(18)11-4-6-20(7-5-11)9-15(21)19-14-3-2-12(16)8-13(14)17;/h2-3,8,10-11H,4-7,9,18H2,1H3,(H,19,21);1H. The summed E-state index contributed by atoms with van der Waals surface area (Å²) in [6.45, 7) is 4.31. The highest BCUT2D eigenvalue weighted by molar-refractivity contribution is 9.10. The summed E-state index contributed by atoms with van der Waals surface area (Å²) in [6.07, 6.45) is 2.12. The molecule has 1 aliphatic rings. The fraction of sp³-hybridized carbons (Fsp3) is 0.533. The maximum atomic E-state index is 12.1. The molecule has 1 atom stereocenters. The van der Waals surface area contributed by atoms with Crippen LogP contribution in [-0.2, 0) is 4.79 Å². The van der Waals surface area contributed by atoms with Gasteiger partial charge in [0, 0.05) is 10.5 Å². The molecule has 0 aliphatic carbocycles. The highest BCUT2D eigenvalue weighted by Crippen LogP contribution is 2.25. The van der Waals surface area contributed by atoms with Crippen molar-refractivity contribution in [2.75, 3.05) is 25.0 Å². The zero-order valence-electron chi connectivity index (χ0n) is 12.5. The number of halogens is 3. The van der Waals surface area contributed by atoms with Crippen LogP contribution in [0.3, 0.4) is 0 Å². The topological polar surface area (TPSA) is 58.4 Å². The van der Waals surface area contributed by atoms with Crippen molar-refractivity contribution in [3.63, 3.8) is 0 Å². The molecule has 7 heteroatoms. The Morgan fingerprint density at radius 1 is 1.50 bits per heavy atom. The number of hydrogen-bond donors (Lipinski definition) is 2. The van der Waals surface area contributed by atoms with Crippen LogP contribution in [0.15, 0.2) is 22.7 Å². The Kier molecular flexibility index (Phi) is 8.14. The molecule has 1 aromatic rings. The van der Waals surface area contributed by atoms with Crippen molar-refractivity contribution in [1.82, 2.24) is 4.90 Å². The van der Waals surface area contributed by atoms with Crippen LogP contribution in [0.1, 0.15) is 19.8 Å². The molecule has 22 heavy (non-hydrogen) atoms. The molecule has 1 saturated heterocycles. The van der Waals surface area contributed by atoms with Crippen LogP contribution in [0.2, 0.25) is 5.02 Å². The van der Waals surface area contributed by atoms with E-state index in [0.717, 1.165) is 30.4 Å². The van der Waals surface area contributed by atoms with Gasteiger partial charge in [-0.3, -0.25) is 9.69 Å². The number of carbonyl (C=O) groups is 1. The molecule has 0 spiro atoms. The molecule has 0 saturated carbocycles.